The number of esters is 1. The zero-order valence-corrected chi connectivity index (χ0v) is 10.9. The number of rotatable bonds is 6. The molecule has 1 amide bonds. The summed E-state index contributed by atoms with van der Waals surface area (Å²) in [5.41, 5.74) is 0.923. The lowest BCUT2D eigenvalue weighted by molar-refractivity contribution is -0.180. The molecule has 0 saturated carbocycles. The van der Waals surface area contributed by atoms with E-state index in [1.165, 1.54) is 4.90 Å². The summed E-state index contributed by atoms with van der Waals surface area (Å²) in [4.78, 5) is 24.4. The standard InChI is InChI=1S/C14H17NO4/c1-2-18-13-8-12(16)15(13)9-14(17)19-10-11-6-4-3-5-7-11/h3-7,13H,2,8-10H2,1H3/t13-/m1/s1/i9+2. The average Bonchev–Trinajstić information content (AvgIpc) is 2.43. The van der Waals surface area contributed by atoms with Crippen LogP contribution in [-0.4, -0.2) is 36.2 Å². The van der Waals surface area contributed by atoms with Crippen LogP contribution in [0.1, 0.15) is 18.9 Å². The second-order valence-electron chi connectivity index (χ2n) is 4.28. The van der Waals surface area contributed by atoms with E-state index in [1.54, 1.807) is 0 Å². The molecule has 5 nitrogen and oxygen atoms in total. The Kier molecular flexibility index (Phi) is 4.52. The van der Waals surface area contributed by atoms with Gasteiger partial charge in [-0.2, -0.15) is 0 Å². The molecule has 1 aliphatic rings. The average molecular weight is 265 g/mol. The quantitative estimate of drug-likeness (QED) is 0.575. The third-order valence-electron chi connectivity index (χ3n) is 2.92. The maximum atomic E-state index is 11.6. The van der Waals surface area contributed by atoms with Crippen molar-refractivity contribution in [3.8, 4) is 0 Å². The van der Waals surface area contributed by atoms with Gasteiger partial charge >= 0.3 is 5.97 Å². The Hall–Kier alpha value is -1.88. The second kappa shape index (κ2) is 6.33. The third kappa shape index (κ3) is 3.54. The monoisotopic (exact) mass is 265 g/mol. The Morgan fingerprint density at radius 3 is 2.79 bits per heavy atom. The van der Waals surface area contributed by atoms with E-state index >= 15 is 0 Å². The molecular formula is C14H17NO4. The van der Waals surface area contributed by atoms with Crippen LogP contribution in [-0.2, 0) is 25.7 Å². The molecule has 0 spiro atoms. The first kappa shape index (κ1) is 13.5. The Bertz CT molecular complexity index is 446. The molecular weight excluding hydrogens is 248 g/mol. The molecule has 1 heterocycles. The summed E-state index contributed by atoms with van der Waals surface area (Å²) in [5.74, 6) is -0.489. The highest BCUT2D eigenvalue weighted by Crippen LogP contribution is 2.19. The summed E-state index contributed by atoms with van der Waals surface area (Å²) in [7, 11) is 0. The van der Waals surface area contributed by atoms with Gasteiger partial charge in [0.05, 0.1) is 6.42 Å². The second-order valence-corrected chi connectivity index (χ2v) is 4.28. The predicted molar refractivity (Wildman–Crippen MR) is 68.0 cm³/mol. The number of likely N-dealkylation sites (tertiary alicyclic amines) is 1. The molecule has 0 unspecified atom stereocenters. The molecule has 1 aromatic carbocycles. The maximum absolute atomic E-state index is 11.6. The van der Waals surface area contributed by atoms with E-state index in [1.807, 2.05) is 37.3 Å². The SMILES string of the molecule is CCO[C@@H]1CC(=O)N1[14CH2]C(=O)OCc1ccccc1. The van der Waals surface area contributed by atoms with Crippen molar-refractivity contribution >= 4 is 11.9 Å². The van der Waals surface area contributed by atoms with Crippen LogP contribution in [0.15, 0.2) is 30.3 Å². The number of hydrogen-bond donors (Lipinski definition) is 0. The highest BCUT2D eigenvalue weighted by molar-refractivity contribution is 5.86. The molecule has 0 aliphatic carbocycles. The number of carbonyl (C=O) groups is 2. The van der Waals surface area contributed by atoms with Crippen molar-refractivity contribution in [2.45, 2.75) is 26.2 Å². The van der Waals surface area contributed by atoms with Crippen molar-refractivity contribution in [1.29, 1.82) is 0 Å². The van der Waals surface area contributed by atoms with Crippen LogP contribution >= 0.6 is 0 Å². The number of ether oxygens (including phenoxy) is 2. The van der Waals surface area contributed by atoms with E-state index in [0.717, 1.165) is 5.56 Å². The van der Waals surface area contributed by atoms with E-state index in [0.29, 0.717) is 13.0 Å². The molecule has 0 bridgehead atoms. The molecule has 102 valence electrons. The first-order valence-electron chi connectivity index (χ1n) is 6.31. The lowest BCUT2D eigenvalue weighted by Gasteiger charge is -2.38. The van der Waals surface area contributed by atoms with Gasteiger partial charge in [0.2, 0.25) is 5.91 Å². The molecule has 1 fully saturated rings. The Morgan fingerprint density at radius 1 is 1.42 bits per heavy atom. The van der Waals surface area contributed by atoms with Crippen molar-refractivity contribution in [3.63, 3.8) is 0 Å². The first-order chi connectivity index (χ1) is 9.20. The van der Waals surface area contributed by atoms with Crippen LogP contribution in [0.2, 0.25) is 0 Å². The van der Waals surface area contributed by atoms with Crippen LogP contribution in [0.3, 0.4) is 0 Å². The van der Waals surface area contributed by atoms with Gasteiger partial charge in [-0.1, -0.05) is 30.3 Å². The number of hydrogen-bond acceptors (Lipinski definition) is 4. The molecule has 0 radical (unpaired) electrons. The van der Waals surface area contributed by atoms with Gasteiger partial charge < -0.3 is 14.4 Å². The molecule has 5 heteroatoms. The van der Waals surface area contributed by atoms with Crippen molar-refractivity contribution in [1.82, 2.24) is 4.90 Å². The minimum atomic E-state index is -0.415. The molecule has 1 aromatic rings. The number of nitrogens with zero attached hydrogens (tertiary/aromatic N) is 1. The topological polar surface area (TPSA) is 55.8 Å². The van der Waals surface area contributed by atoms with Crippen LogP contribution in [0.25, 0.3) is 0 Å². The summed E-state index contributed by atoms with van der Waals surface area (Å²) in [5, 5.41) is 0. The highest BCUT2D eigenvalue weighted by atomic mass is 16.6. The zero-order valence-electron chi connectivity index (χ0n) is 10.9. The van der Waals surface area contributed by atoms with Crippen LogP contribution in [0, 0.1) is 0 Å². The predicted octanol–water partition coefficient (Wildman–Crippen LogP) is 1.32. The van der Waals surface area contributed by atoms with E-state index < -0.39 is 5.97 Å². The first-order valence-corrected chi connectivity index (χ1v) is 6.31. The van der Waals surface area contributed by atoms with Gasteiger partial charge in [0, 0.05) is 6.61 Å². The fourth-order valence-electron chi connectivity index (χ4n) is 1.88. The lowest BCUT2D eigenvalue weighted by atomic mass is 10.2. The summed E-state index contributed by atoms with van der Waals surface area (Å²) < 4.78 is 10.4. The Labute approximate surface area is 112 Å². The van der Waals surface area contributed by atoms with Gasteiger partial charge in [-0.05, 0) is 12.5 Å². The van der Waals surface area contributed by atoms with Gasteiger partial charge in [-0.3, -0.25) is 9.59 Å². The number of β-lactam (4-membered cyclic amide) rings is 1. The van der Waals surface area contributed by atoms with Gasteiger partial charge in [0.15, 0.2) is 0 Å². The van der Waals surface area contributed by atoms with Gasteiger partial charge in [-0.15, -0.1) is 0 Å². The van der Waals surface area contributed by atoms with Crippen molar-refractivity contribution in [2.75, 3.05) is 13.2 Å². The van der Waals surface area contributed by atoms with E-state index in [9.17, 15) is 9.59 Å². The van der Waals surface area contributed by atoms with Crippen LogP contribution in [0.5, 0.6) is 0 Å². The fraction of sp³-hybridized carbons (Fsp3) is 0.429. The Balaban J connectivity index is 1.76. The van der Waals surface area contributed by atoms with E-state index in [2.05, 4.69) is 0 Å². The molecule has 2 rings (SSSR count). The lowest BCUT2D eigenvalue weighted by Crippen LogP contribution is -2.55. The minimum absolute atomic E-state index is 0.0453. The largest absolute Gasteiger partial charge is 0.459 e. The number of benzene rings is 1. The number of carbonyl (C=O) groups excluding carboxylic acids is 2. The molecule has 1 saturated heterocycles. The smallest absolute Gasteiger partial charge is 0.326 e. The Morgan fingerprint density at radius 2 is 2.16 bits per heavy atom. The molecule has 19 heavy (non-hydrogen) atoms. The summed E-state index contributed by atoms with van der Waals surface area (Å²) in [6.07, 6.45) is 0.0709. The van der Waals surface area contributed by atoms with Crippen molar-refractivity contribution < 1.29 is 19.1 Å². The van der Waals surface area contributed by atoms with Gasteiger partial charge in [-0.25, -0.2) is 0 Å². The molecule has 0 N–H and O–H groups in total. The molecule has 1 aliphatic heterocycles. The van der Waals surface area contributed by atoms with Gasteiger partial charge in [0.25, 0.3) is 0 Å². The van der Waals surface area contributed by atoms with Crippen molar-refractivity contribution in [3.05, 3.63) is 35.9 Å². The summed E-state index contributed by atoms with van der Waals surface area (Å²) in [6.45, 7) is 2.56. The normalized spacial score (nSPS) is 18.1. The van der Waals surface area contributed by atoms with E-state index in [-0.39, 0.29) is 25.3 Å². The fourth-order valence-corrected chi connectivity index (χ4v) is 1.88. The van der Waals surface area contributed by atoms with Crippen LogP contribution < -0.4 is 0 Å². The van der Waals surface area contributed by atoms with E-state index in [4.69, 9.17) is 9.47 Å². The van der Waals surface area contributed by atoms with Crippen molar-refractivity contribution in [2.24, 2.45) is 0 Å². The number of amides is 1. The summed E-state index contributed by atoms with van der Waals surface area (Å²) >= 11 is 0. The van der Waals surface area contributed by atoms with Gasteiger partial charge in [0.1, 0.15) is 19.4 Å². The maximum Gasteiger partial charge on any atom is 0.326 e. The van der Waals surface area contributed by atoms with Crippen LogP contribution in [0.4, 0.5) is 0 Å². The summed E-state index contributed by atoms with van der Waals surface area (Å²) in [6, 6.07) is 9.42. The highest BCUT2D eigenvalue weighted by Gasteiger charge is 2.38. The molecule has 0 aromatic heterocycles. The minimum Gasteiger partial charge on any atom is -0.459 e. The molecule has 1 atom stereocenters. The zero-order chi connectivity index (χ0) is 13.7. The third-order valence-corrected chi connectivity index (χ3v) is 2.92.